The Hall–Kier alpha value is -2.97. The second kappa shape index (κ2) is 7.32. The number of amides is 1. The summed E-state index contributed by atoms with van der Waals surface area (Å²) in [6.45, 7) is 6.57. The van der Waals surface area contributed by atoms with Crippen molar-refractivity contribution in [1.82, 2.24) is 20.0 Å². The first kappa shape index (κ1) is 21.3. The molecule has 0 spiro atoms. The molecule has 0 saturated heterocycles. The number of ether oxygens (including phenoxy) is 1. The van der Waals surface area contributed by atoms with E-state index in [1.807, 2.05) is 6.92 Å². The van der Waals surface area contributed by atoms with Crippen LogP contribution in [0.1, 0.15) is 43.3 Å². The van der Waals surface area contributed by atoms with E-state index in [0.717, 1.165) is 5.56 Å². The van der Waals surface area contributed by atoms with Gasteiger partial charge in [0.1, 0.15) is 5.75 Å². The maximum Gasteiger partial charge on any atom is 0.435 e. The molecule has 31 heavy (non-hydrogen) atoms. The van der Waals surface area contributed by atoms with E-state index in [0.29, 0.717) is 30.1 Å². The summed E-state index contributed by atoms with van der Waals surface area (Å²) in [5, 5.41) is 7.25. The predicted octanol–water partition coefficient (Wildman–Crippen LogP) is 3.41. The number of halogens is 3. The molecule has 9 heteroatoms. The second-order valence-corrected chi connectivity index (χ2v) is 8.49. The standard InChI is InChI=1S/C22H25F3N4O2/c1-5-28-11-15-16(20(28)30)18-17(21(2,3)12-26-15)19(22(23,24)25)27-29(18)10-13-6-8-14(31-4)9-7-13/h6-9,26H,5,10-12H2,1-4H3. The molecule has 0 unspecified atom stereocenters. The molecule has 1 aromatic carbocycles. The Kier molecular flexibility index (Phi) is 5.02. The van der Waals surface area contributed by atoms with Gasteiger partial charge in [0.25, 0.3) is 5.91 Å². The fraction of sp³-hybridized carbons (Fsp3) is 0.455. The Morgan fingerprint density at radius 2 is 1.90 bits per heavy atom. The van der Waals surface area contributed by atoms with Crippen molar-refractivity contribution in [1.29, 1.82) is 0 Å². The lowest BCUT2D eigenvalue weighted by molar-refractivity contribution is -0.142. The van der Waals surface area contributed by atoms with Crippen molar-refractivity contribution < 1.29 is 22.7 Å². The number of likely N-dealkylation sites (N-methyl/N-ethyl adjacent to an activating group) is 1. The molecule has 3 heterocycles. The minimum Gasteiger partial charge on any atom is -0.497 e. The van der Waals surface area contributed by atoms with Crippen LogP contribution in [-0.4, -0.2) is 47.3 Å². The van der Waals surface area contributed by atoms with E-state index in [9.17, 15) is 18.0 Å². The number of fused-ring (bicyclic) bond motifs is 2. The number of rotatable bonds is 4. The minimum atomic E-state index is -4.64. The van der Waals surface area contributed by atoms with E-state index in [2.05, 4.69) is 10.4 Å². The first-order chi connectivity index (χ1) is 14.6. The molecule has 2 aliphatic rings. The molecule has 0 aliphatic carbocycles. The molecule has 0 radical (unpaired) electrons. The van der Waals surface area contributed by atoms with E-state index < -0.39 is 17.3 Å². The van der Waals surface area contributed by atoms with Gasteiger partial charge in [0.2, 0.25) is 0 Å². The number of carbonyl (C=O) groups excluding carboxylic acids is 1. The summed E-state index contributed by atoms with van der Waals surface area (Å²) in [6, 6.07) is 7.06. The molecule has 0 saturated carbocycles. The normalized spacial score (nSPS) is 17.9. The summed E-state index contributed by atoms with van der Waals surface area (Å²) in [5.41, 5.74) is 0.225. The quantitative estimate of drug-likeness (QED) is 0.801. The molecular formula is C22H25F3N4O2. The molecule has 1 N–H and O–H groups in total. The SMILES string of the molecule is CCN1CC2=C(C1=O)c1c(c(C(F)(F)F)nn1Cc1ccc(OC)cc1)C(C)(C)CN2. The zero-order valence-electron chi connectivity index (χ0n) is 17.9. The van der Waals surface area contributed by atoms with Crippen molar-refractivity contribution in [3.8, 4) is 5.75 Å². The van der Waals surface area contributed by atoms with Gasteiger partial charge in [0.05, 0.1) is 31.5 Å². The first-order valence-corrected chi connectivity index (χ1v) is 10.1. The van der Waals surface area contributed by atoms with Gasteiger partial charge in [-0.2, -0.15) is 18.3 Å². The maximum absolute atomic E-state index is 14.1. The molecule has 2 aromatic rings. The zero-order chi connectivity index (χ0) is 22.6. The summed E-state index contributed by atoms with van der Waals surface area (Å²) >= 11 is 0. The Balaban J connectivity index is 1.93. The van der Waals surface area contributed by atoms with Crippen molar-refractivity contribution in [3.05, 3.63) is 52.5 Å². The van der Waals surface area contributed by atoms with Crippen LogP contribution in [0.2, 0.25) is 0 Å². The van der Waals surface area contributed by atoms with Gasteiger partial charge < -0.3 is 15.0 Å². The Morgan fingerprint density at radius 1 is 1.23 bits per heavy atom. The van der Waals surface area contributed by atoms with Gasteiger partial charge in [-0.3, -0.25) is 9.48 Å². The summed E-state index contributed by atoms with van der Waals surface area (Å²) in [4.78, 5) is 14.8. The zero-order valence-corrected chi connectivity index (χ0v) is 17.9. The van der Waals surface area contributed by atoms with Crippen LogP contribution in [0.4, 0.5) is 13.2 Å². The number of carbonyl (C=O) groups is 1. The fourth-order valence-corrected chi connectivity index (χ4v) is 4.26. The van der Waals surface area contributed by atoms with Gasteiger partial charge in [-0.15, -0.1) is 0 Å². The first-order valence-electron chi connectivity index (χ1n) is 10.1. The van der Waals surface area contributed by atoms with Gasteiger partial charge in [-0.05, 0) is 24.6 Å². The molecule has 1 amide bonds. The number of alkyl halides is 3. The number of aromatic nitrogens is 2. The second-order valence-electron chi connectivity index (χ2n) is 8.49. The summed E-state index contributed by atoms with van der Waals surface area (Å²) in [6.07, 6.45) is -4.64. The number of nitrogens with zero attached hydrogens (tertiary/aromatic N) is 3. The molecule has 2 aliphatic heterocycles. The molecule has 166 valence electrons. The van der Waals surface area contributed by atoms with E-state index >= 15 is 0 Å². The average Bonchev–Trinajstić information content (AvgIpc) is 3.21. The summed E-state index contributed by atoms with van der Waals surface area (Å²) in [7, 11) is 1.55. The highest BCUT2D eigenvalue weighted by molar-refractivity contribution is 6.22. The van der Waals surface area contributed by atoms with Crippen LogP contribution in [0.3, 0.4) is 0 Å². The van der Waals surface area contributed by atoms with Crippen LogP contribution >= 0.6 is 0 Å². The van der Waals surface area contributed by atoms with Crippen LogP contribution < -0.4 is 10.1 Å². The molecule has 6 nitrogen and oxygen atoms in total. The van der Waals surface area contributed by atoms with Crippen LogP contribution in [0.25, 0.3) is 5.57 Å². The van der Waals surface area contributed by atoms with Crippen molar-refractivity contribution >= 4 is 11.5 Å². The lowest BCUT2D eigenvalue weighted by Crippen LogP contribution is -2.35. The molecule has 1 aromatic heterocycles. The van der Waals surface area contributed by atoms with Crippen molar-refractivity contribution in [3.63, 3.8) is 0 Å². The smallest absolute Gasteiger partial charge is 0.435 e. The van der Waals surface area contributed by atoms with E-state index in [-0.39, 0.29) is 30.3 Å². The topological polar surface area (TPSA) is 59.4 Å². The number of nitrogens with one attached hydrogen (secondary N) is 1. The molecular weight excluding hydrogens is 409 g/mol. The van der Waals surface area contributed by atoms with Crippen LogP contribution in [0, 0.1) is 0 Å². The van der Waals surface area contributed by atoms with Crippen LogP contribution in [0.15, 0.2) is 30.0 Å². The highest BCUT2D eigenvalue weighted by Crippen LogP contribution is 2.44. The number of hydrogen-bond acceptors (Lipinski definition) is 4. The van der Waals surface area contributed by atoms with Gasteiger partial charge in [-0.1, -0.05) is 26.0 Å². The number of hydrogen-bond donors (Lipinski definition) is 1. The van der Waals surface area contributed by atoms with Gasteiger partial charge in [-0.25, -0.2) is 0 Å². The van der Waals surface area contributed by atoms with E-state index in [1.165, 1.54) is 4.68 Å². The van der Waals surface area contributed by atoms with Crippen LogP contribution in [0.5, 0.6) is 5.75 Å². The number of methoxy groups -OCH3 is 1. The average molecular weight is 434 g/mol. The largest absolute Gasteiger partial charge is 0.497 e. The van der Waals surface area contributed by atoms with Gasteiger partial charge in [0, 0.05) is 29.8 Å². The van der Waals surface area contributed by atoms with E-state index in [1.54, 1.807) is 50.1 Å². The van der Waals surface area contributed by atoms with E-state index in [4.69, 9.17) is 4.74 Å². The fourth-order valence-electron chi connectivity index (χ4n) is 4.26. The Labute approximate surface area is 178 Å². The molecule has 0 atom stereocenters. The minimum absolute atomic E-state index is 0.0670. The third kappa shape index (κ3) is 3.55. The Morgan fingerprint density at radius 3 is 2.48 bits per heavy atom. The molecule has 4 rings (SSSR count). The van der Waals surface area contributed by atoms with Crippen molar-refractivity contribution in [2.45, 2.75) is 38.9 Å². The highest BCUT2D eigenvalue weighted by atomic mass is 19.4. The van der Waals surface area contributed by atoms with Crippen molar-refractivity contribution in [2.24, 2.45) is 0 Å². The third-order valence-electron chi connectivity index (χ3n) is 5.90. The summed E-state index contributed by atoms with van der Waals surface area (Å²) in [5.74, 6) is 0.382. The van der Waals surface area contributed by atoms with Gasteiger partial charge in [0.15, 0.2) is 5.69 Å². The predicted molar refractivity (Wildman–Crippen MR) is 110 cm³/mol. The lowest BCUT2D eigenvalue weighted by atomic mass is 9.82. The van der Waals surface area contributed by atoms with Crippen molar-refractivity contribution in [2.75, 3.05) is 26.7 Å². The summed E-state index contributed by atoms with van der Waals surface area (Å²) < 4.78 is 48.7. The Bertz CT molecular complexity index is 1050. The number of benzene rings is 1. The highest BCUT2D eigenvalue weighted by Gasteiger charge is 2.48. The lowest BCUT2D eigenvalue weighted by Gasteiger charge is -2.27. The third-order valence-corrected chi connectivity index (χ3v) is 5.90. The van der Waals surface area contributed by atoms with Crippen LogP contribution in [-0.2, 0) is 22.9 Å². The molecule has 0 fully saturated rings. The maximum atomic E-state index is 14.1. The monoisotopic (exact) mass is 434 g/mol. The van der Waals surface area contributed by atoms with Gasteiger partial charge >= 0.3 is 6.18 Å². The molecule has 0 bridgehead atoms.